The topological polar surface area (TPSA) is 39.1 Å². The van der Waals surface area contributed by atoms with Crippen LogP contribution in [-0.2, 0) is 0 Å². The van der Waals surface area contributed by atoms with Gasteiger partial charge in [-0.15, -0.1) is 0 Å². The van der Waals surface area contributed by atoms with Crippen LogP contribution >= 0.6 is 0 Å². The van der Waals surface area contributed by atoms with Crippen LogP contribution in [-0.4, -0.2) is 23.8 Å². The lowest BCUT2D eigenvalue weighted by molar-refractivity contribution is 0.262. The number of piperidine rings is 1. The maximum atomic E-state index is 8.44. The van der Waals surface area contributed by atoms with Crippen LogP contribution in [0.5, 0.6) is 0 Å². The summed E-state index contributed by atoms with van der Waals surface area (Å²) in [5, 5.41) is 11.5. The van der Waals surface area contributed by atoms with Crippen molar-refractivity contribution in [3.05, 3.63) is 24.0 Å². The minimum Gasteiger partial charge on any atom is -0.394 e. The van der Waals surface area contributed by atoms with E-state index in [4.69, 9.17) is 5.41 Å². The summed E-state index contributed by atoms with van der Waals surface area (Å²) in [6, 6.07) is 0.491. The smallest absolute Gasteiger partial charge is 0.129 e. The van der Waals surface area contributed by atoms with Crippen molar-refractivity contribution in [3.63, 3.8) is 0 Å². The molecule has 2 N–H and O–H groups in total. The molecule has 0 aromatic heterocycles. The van der Waals surface area contributed by atoms with Crippen molar-refractivity contribution in [1.82, 2.24) is 10.2 Å². The Bertz CT molecular complexity index is 387. The summed E-state index contributed by atoms with van der Waals surface area (Å²) in [4.78, 5) is 2.19. The van der Waals surface area contributed by atoms with Crippen LogP contribution in [0, 0.1) is 10.8 Å². The maximum absolute atomic E-state index is 8.44. The van der Waals surface area contributed by atoms with Crippen molar-refractivity contribution in [2.75, 3.05) is 7.05 Å². The molecule has 18 heavy (non-hydrogen) atoms. The number of rotatable bonds is 2. The van der Waals surface area contributed by atoms with Gasteiger partial charge in [0.05, 0.1) is 0 Å². The molecule has 1 heterocycles. The van der Waals surface area contributed by atoms with Crippen molar-refractivity contribution in [2.24, 2.45) is 5.41 Å². The fraction of sp³-hybridized carbons (Fsp3) is 0.667. The number of hydrogen-bond donors (Lipinski definition) is 2. The Balaban J connectivity index is 2.32. The van der Waals surface area contributed by atoms with Crippen LogP contribution in [0.2, 0.25) is 0 Å². The summed E-state index contributed by atoms with van der Waals surface area (Å²) in [5.41, 5.74) is 2.27. The van der Waals surface area contributed by atoms with Gasteiger partial charge >= 0.3 is 0 Å². The minimum absolute atomic E-state index is 0.0514. The van der Waals surface area contributed by atoms with E-state index >= 15 is 0 Å². The number of amidine groups is 1. The van der Waals surface area contributed by atoms with Gasteiger partial charge in [0.15, 0.2) is 0 Å². The molecule has 0 spiro atoms. The summed E-state index contributed by atoms with van der Waals surface area (Å²) in [6.45, 7) is 8.73. The summed E-state index contributed by atoms with van der Waals surface area (Å²) >= 11 is 0. The summed E-state index contributed by atoms with van der Waals surface area (Å²) in [5.74, 6) is 0.653. The van der Waals surface area contributed by atoms with Crippen molar-refractivity contribution in [3.8, 4) is 0 Å². The van der Waals surface area contributed by atoms with Crippen LogP contribution in [0.1, 0.15) is 46.0 Å². The van der Waals surface area contributed by atoms with Gasteiger partial charge in [-0.25, -0.2) is 0 Å². The number of likely N-dealkylation sites (tertiary alicyclic amines) is 1. The predicted molar refractivity (Wildman–Crippen MR) is 76.5 cm³/mol. The van der Waals surface area contributed by atoms with Gasteiger partial charge in [0.1, 0.15) is 5.84 Å². The first kappa shape index (κ1) is 13.2. The summed E-state index contributed by atoms with van der Waals surface area (Å²) in [7, 11) is 1.90. The van der Waals surface area contributed by atoms with Gasteiger partial charge in [0.25, 0.3) is 0 Å². The van der Waals surface area contributed by atoms with Crippen LogP contribution in [0.15, 0.2) is 24.0 Å². The Morgan fingerprint density at radius 3 is 2.56 bits per heavy atom. The molecule has 1 saturated heterocycles. The second-order valence-corrected chi connectivity index (χ2v) is 6.12. The second kappa shape index (κ2) is 4.79. The Morgan fingerprint density at radius 1 is 1.39 bits per heavy atom. The summed E-state index contributed by atoms with van der Waals surface area (Å²) < 4.78 is 0. The van der Waals surface area contributed by atoms with Crippen LogP contribution in [0.4, 0.5) is 0 Å². The van der Waals surface area contributed by atoms with Crippen LogP contribution in [0.25, 0.3) is 0 Å². The van der Waals surface area contributed by atoms with Crippen molar-refractivity contribution in [1.29, 1.82) is 5.41 Å². The lowest BCUT2D eigenvalue weighted by Gasteiger charge is -2.46. The third-order valence-corrected chi connectivity index (χ3v) is 4.26. The van der Waals surface area contributed by atoms with Crippen LogP contribution in [0.3, 0.4) is 0 Å². The zero-order valence-electron chi connectivity index (χ0n) is 11.8. The fourth-order valence-corrected chi connectivity index (χ4v) is 3.14. The van der Waals surface area contributed by atoms with Crippen molar-refractivity contribution >= 4 is 5.84 Å². The highest BCUT2D eigenvalue weighted by atomic mass is 15.2. The molecule has 1 aliphatic carbocycles. The Labute approximate surface area is 110 Å². The van der Waals surface area contributed by atoms with E-state index in [1.54, 1.807) is 0 Å². The van der Waals surface area contributed by atoms with Gasteiger partial charge in [-0.05, 0) is 19.3 Å². The zero-order chi connectivity index (χ0) is 13.3. The molecule has 0 radical (unpaired) electrons. The predicted octanol–water partition coefficient (Wildman–Crippen LogP) is 3.26. The third kappa shape index (κ3) is 2.18. The molecular formula is C15H25N3. The van der Waals surface area contributed by atoms with E-state index in [1.807, 2.05) is 13.2 Å². The largest absolute Gasteiger partial charge is 0.394 e. The van der Waals surface area contributed by atoms with Gasteiger partial charge in [-0.3, -0.25) is 5.41 Å². The van der Waals surface area contributed by atoms with E-state index < -0.39 is 0 Å². The lowest BCUT2D eigenvalue weighted by atomic mass is 9.77. The molecule has 3 nitrogen and oxygen atoms in total. The first-order chi connectivity index (χ1) is 8.47. The molecule has 2 rings (SSSR count). The van der Waals surface area contributed by atoms with E-state index in [-0.39, 0.29) is 5.41 Å². The second-order valence-electron chi connectivity index (χ2n) is 6.12. The molecule has 0 amide bonds. The molecule has 0 aromatic rings. The fourth-order valence-electron chi connectivity index (χ4n) is 3.14. The maximum Gasteiger partial charge on any atom is 0.129 e. The monoisotopic (exact) mass is 247 g/mol. The molecule has 0 atom stereocenters. The number of nitrogens with one attached hydrogen (secondary N) is 2. The third-order valence-electron chi connectivity index (χ3n) is 4.26. The summed E-state index contributed by atoms with van der Waals surface area (Å²) in [6.07, 6.45) is 7.84. The standard InChI is InChI=1S/C15H25N3/c1-11-15(2,3)9-12(10-17-4)14(16)18(11)13-7-5-6-8-13/h10,13,16-17H,1,5-9H2,2-4H3/b12-10-,16-14?. The Hall–Kier alpha value is -1.25. The highest BCUT2D eigenvalue weighted by Gasteiger charge is 2.40. The van der Waals surface area contributed by atoms with E-state index in [0.29, 0.717) is 11.9 Å². The first-order valence-corrected chi connectivity index (χ1v) is 6.91. The highest BCUT2D eigenvalue weighted by Crippen LogP contribution is 2.43. The molecule has 1 saturated carbocycles. The molecule has 0 unspecified atom stereocenters. The SMILES string of the molecule is C=C1N(C2CCCC2)C(=N)/C(=C\NC)CC1(C)C. The number of nitrogens with zero attached hydrogens (tertiary/aromatic N) is 1. The van der Waals surface area contributed by atoms with Gasteiger partial charge in [0.2, 0.25) is 0 Å². The molecule has 0 aromatic carbocycles. The molecule has 0 bridgehead atoms. The average molecular weight is 247 g/mol. The normalized spacial score (nSPS) is 27.1. The molecule has 1 aliphatic heterocycles. The Morgan fingerprint density at radius 2 is 2.00 bits per heavy atom. The zero-order valence-corrected chi connectivity index (χ0v) is 11.8. The average Bonchev–Trinajstić information content (AvgIpc) is 2.80. The lowest BCUT2D eigenvalue weighted by Crippen LogP contribution is -2.47. The van der Waals surface area contributed by atoms with Gasteiger partial charge in [-0.2, -0.15) is 0 Å². The van der Waals surface area contributed by atoms with Crippen molar-refractivity contribution in [2.45, 2.75) is 52.0 Å². The quantitative estimate of drug-likeness (QED) is 0.786. The molecule has 100 valence electrons. The number of allylic oxidation sites excluding steroid dienone is 1. The van der Waals surface area contributed by atoms with Gasteiger partial charge in [-0.1, -0.05) is 33.3 Å². The molecule has 3 heteroatoms. The molecular weight excluding hydrogens is 222 g/mol. The first-order valence-electron chi connectivity index (χ1n) is 6.91. The molecule has 2 fully saturated rings. The van der Waals surface area contributed by atoms with Crippen LogP contribution < -0.4 is 5.32 Å². The number of hydrogen-bond acceptors (Lipinski definition) is 2. The highest BCUT2D eigenvalue weighted by molar-refractivity contribution is 5.98. The Kier molecular flexibility index (Phi) is 3.51. The van der Waals surface area contributed by atoms with E-state index in [9.17, 15) is 0 Å². The van der Waals surface area contributed by atoms with E-state index in [2.05, 4.69) is 30.6 Å². The van der Waals surface area contributed by atoms with E-state index in [0.717, 1.165) is 17.7 Å². The van der Waals surface area contributed by atoms with Gasteiger partial charge < -0.3 is 10.2 Å². The van der Waals surface area contributed by atoms with E-state index in [1.165, 1.54) is 25.7 Å². The molecule has 2 aliphatic rings. The van der Waals surface area contributed by atoms with Gasteiger partial charge in [0, 0.05) is 36.0 Å². The van der Waals surface area contributed by atoms with Crippen molar-refractivity contribution < 1.29 is 0 Å². The minimum atomic E-state index is 0.0514.